The molecule has 0 bridgehead atoms. The minimum Gasteiger partial charge on any atom is -0.382 e. The highest BCUT2D eigenvalue weighted by Gasteiger charge is 2.22. The molecular weight excluding hydrogens is 236 g/mol. The standard InChI is InChI=1S/C12H16N2O4/c1-12(2,8-18-3)13-10-5-4-9(7-15)6-11(10)14(16)17/h4-7,13H,8H2,1-3H3. The van der Waals surface area contributed by atoms with Crippen LogP contribution < -0.4 is 5.32 Å². The normalized spacial score (nSPS) is 11.1. The predicted octanol–water partition coefficient (Wildman–Crippen LogP) is 2.24. The van der Waals surface area contributed by atoms with Crippen molar-refractivity contribution in [2.24, 2.45) is 0 Å². The Bertz CT molecular complexity index is 457. The fourth-order valence-corrected chi connectivity index (χ4v) is 1.64. The topological polar surface area (TPSA) is 81.5 Å². The second-order valence-corrected chi connectivity index (χ2v) is 4.59. The Morgan fingerprint density at radius 2 is 2.17 bits per heavy atom. The summed E-state index contributed by atoms with van der Waals surface area (Å²) in [6.45, 7) is 4.14. The monoisotopic (exact) mass is 252 g/mol. The second-order valence-electron chi connectivity index (χ2n) is 4.59. The fourth-order valence-electron chi connectivity index (χ4n) is 1.64. The van der Waals surface area contributed by atoms with Crippen LogP contribution in [0.4, 0.5) is 11.4 Å². The summed E-state index contributed by atoms with van der Waals surface area (Å²) in [7, 11) is 1.56. The zero-order valence-corrected chi connectivity index (χ0v) is 10.6. The summed E-state index contributed by atoms with van der Waals surface area (Å²) in [5.74, 6) is 0. The molecule has 1 rings (SSSR count). The molecule has 1 aromatic rings. The number of methoxy groups -OCH3 is 1. The molecule has 0 unspecified atom stereocenters. The van der Waals surface area contributed by atoms with E-state index in [4.69, 9.17) is 4.74 Å². The molecule has 0 saturated carbocycles. The maximum atomic E-state index is 11.0. The van der Waals surface area contributed by atoms with Gasteiger partial charge in [0.05, 0.1) is 17.1 Å². The maximum Gasteiger partial charge on any atom is 0.293 e. The highest BCUT2D eigenvalue weighted by atomic mass is 16.6. The van der Waals surface area contributed by atoms with Gasteiger partial charge in [0.25, 0.3) is 5.69 Å². The van der Waals surface area contributed by atoms with E-state index in [1.54, 1.807) is 7.11 Å². The molecule has 0 amide bonds. The van der Waals surface area contributed by atoms with Crippen molar-refractivity contribution in [3.8, 4) is 0 Å². The number of hydrogen-bond acceptors (Lipinski definition) is 5. The van der Waals surface area contributed by atoms with E-state index in [9.17, 15) is 14.9 Å². The first-order valence-electron chi connectivity index (χ1n) is 5.40. The Hall–Kier alpha value is -1.95. The number of nitro benzene ring substituents is 1. The van der Waals surface area contributed by atoms with Gasteiger partial charge in [-0.1, -0.05) is 0 Å². The molecule has 1 aromatic carbocycles. The molecule has 98 valence electrons. The van der Waals surface area contributed by atoms with Crippen LogP contribution in [-0.2, 0) is 4.74 Å². The SMILES string of the molecule is COCC(C)(C)Nc1ccc(C=O)cc1[N+](=O)[O-]. The van der Waals surface area contributed by atoms with Crippen molar-refractivity contribution >= 4 is 17.7 Å². The third-order valence-corrected chi connectivity index (χ3v) is 2.33. The third kappa shape index (κ3) is 3.53. The minimum absolute atomic E-state index is 0.122. The molecule has 0 saturated heterocycles. The number of nitrogens with zero attached hydrogens (tertiary/aromatic N) is 1. The predicted molar refractivity (Wildman–Crippen MR) is 68.1 cm³/mol. The summed E-state index contributed by atoms with van der Waals surface area (Å²) in [6, 6.07) is 4.31. The molecule has 6 nitrogen and oxygen atoms in total. The summed E-state index contributed by atoms with van der Waals surface area (Å²) >= 11 is 0. The van der Waals surface area contributed by atoms with Gasteiger partial charge in [0.15, 0.2) is 0 Å². The lowest BCUT2D eigenvalue weighted by molar-refractivity contribution is -0.384. The Labute approximate surface area is 105 Å². The molecule has 1 N–H and O–H groups in total. The molecule has 0 radical (unpaired) electrons. The average Bonchev–Trinajstić information content (AvgIpc) is 2.28. The largest absolute Gasteiger partial charge is 0.382 e. The van der Waals surface area contributed by atoms with Crippen molar-refractivity contribution in [2.45, 2.75) is 19.4 Å². The van der Waals surface area contributed by atoms with E-state index < -0.39 is 10.5 Å². The summed E-state index contributed by atoms with van der Waals surface area (Å²) in [4.78, 5) is 21.1. The van der Waals surface area contributed by atoms with Crippen LogP contribution >= 0.6 is 0 Å². The highest BCUT2D eigenvalue weighted by Crippen LogP contribution is 2.27. The van der Waals surface area contributed by atoms with Crippen LogP contribution in [0.1, 0.15) is 24.2 Å². The number of benzene rings is 1. The molecule has 0 spiro atoms. The number of aldehydes is 1. The van der Waals surface area contributed by atoms with Gasteiger partial charge >= 0.3 is 0 Å². The molecule has 0 heterocycles. The van der Waals surface area contributed by atoms with Gasteiger partial charge in [-0.3, -0.25) is 14.9 Å². The molecule has 0 aliphatic heterocycles. The van der Waals surface area contributed by atoms with Gasteiger partial charge in [-0.05, 0) is 26.0 Å². The molecule has 0 aliphatic rings. The molecule has 0 fully saturated rings. The first kappa shape index (κ1) is 14.1. The average molecular weight is 252 g/mol. The number of carbonyl (C=O) groups excluding carboxylic acids is 1. The molecule has 0 aliphatic carbocycles. The number of carbonyl (C=O) groups is 1. The first-order chi connectivity index (χ1) is 8.39. The van der Waals surface area contributed by atoms with Crippen LogP contribution in [0.15, 0.2) is 18.2 Å². The van der Waals surface area contributed by atoms with Crippen molar-refractivity contribution in [2.75, 3.05) is 19.0 Å². The van der Waals surface area contributed by atoms with E-state index in [-0.39, 0.29) is 11.3 Å². The van der Waals surface area contributed by atoms with Crippen LogP contribution in [0.3, 0.4) is 0 Å². The first-order valence-corrected chi connectivity index (χ1v) is 5.40. The van der Waals surface area contributed by atoms with Crippen molar-refractivity contribution < 1.29 is 14.5 Å². The number of hydrogen-bond donors (Lipinski definition) is 1. The lowest BCUT2D eigenvalue weighted by atomic mass is 10.1. The van der Waals surface area contributed by atoms with E-state index in [1.807, 2.05) is 13.8 Å². The van der Waals surface area contributed by atoms with Gasteiger partial charge in [0.1, 0.15) is 12.0 Å². The molecule has 6 heteroatoms. The Kier molecular flexibility index (Phi) is 4.38. The molecule has 18 heavy (non-hydrogen) atoms. The Balaban J connectivity index is 3.08. The third-order valence-electron chi connectivity index (χ3n) is 2.33. The number of rotatable bonds is 6. The zero-order chi connectivity index (χ0) is 13.8. The van der Waals surface area contributed by atoms with E-state index in [2.05, 4.69) is 5.32 Å². The second kappa shape index (κ2) is 5.59. The van der Waals surface area contributed by atoms with Crippen molar-refractivity contribution in [1.82, 2.24) is 0 Å². The summed E-state index contributed by atoms with van der Waals surface area (Å²) in [5.41, 5.74) is 0.0792. The maximum absolute atomic E-state index is 11.0. The van der Waals surface area contributed by atoms with E-state index in [1.165, 1.54) is 18.2 Å². The minimum atomic E-state index is -0.516. The van der Waals surface area contributed by atoms with Crippen LogP contribution in [0.5, 0.6) is 0 Å². The quantitative estimate of drug-likeness (QED) is 0.477. The summed E-state index contributed by atoms with van der Waals surface area (Å²) in [6.07, 6.45) is 0.580. The number of ether oxygens (including phenoxy) is 1. The highest BCUT2D eigenvalue weighted by molar-refractivity contribution is 5.79. The number of nitro groups is 1. The lowest BCUT2D eigenvalue weighted by Gasteiger charge is -2.26. The van der Waals surface area contributed by atoms with Gasteiger partial charge in [-0.25, -0.2) is 0 Å². The molecule has 0 aromatic heterocycles. The van der Waals surface area contributed by atoms with E-state index in [0.29, 0.717) is 18.6 Å². The smallest absolute Gasteiger partial charge is 0.293 e. The summed E-state index contributed by atoms with van der Waals surface area (Å²) < 4.78 is 5.04. The molecule has 0 atom stereocenters. The van der Waals surface area contributed by atoms with Gasteiger partial charge in [-0.2, -0.15) is 0 Å². The van der Waals surface area contributed by atoms with Gasteiger partial charge in [0, 0.05) is 18.7 Å². The van der Waals surface area contributed by atoms with Crippen LogP contribution in [-0.4, -0.2) is 30.5 Å². The van der Waals surface area contributed by atoms with Crippen LogP contribution in [0.25, 0.3) is 0 Å². The fraction of sp³-hybridized carbons (Fsp3) is 0.417. The number of anilines is 1. The van der Waals surface area contributed by atoms with Gasteiger partial charge in [-0.15, -0.1) is 0 Å². The Morgan fingerprint density at radius 1 is 1.50 bits per heavy atom. The van der Waals surface area contributed by atoms with Crippen molar-refractivity contribution in [1.29, 1.82) is 0 Å². The Morgan fingerprint density at radius 3 is 2.67 bits per heavy atom. The zero-order valence-electron chi connectivity index (χ0n) is 10.6. The van der Waals surface area contributed by atoms with Crippen molar-refractivity contribution in [3.63, 3.8) is 0 Å². The van der Waals surface area contributed by atoms with Crippen LogP contribution in [0.2, 0.25) is 0 Å². The van der Waals surface area contributed by atoms with E-state index in [0.717, 1.165) is 0 Å². The van der Waals surface area contributed by atoms with Crippen molar-refractivity contribution in [3.05, 3.63) is 33.9 Å². The molecular formula is C12H16N2O4. The van der Waals surface area contributed by atoms with Gasteiger partial charge in [0.2, 0.25) is 0 Å². The van der Waals surface area contributed by atoms with E-state index >= 15 is 0 Å². The van der Waals surface area contributed by atoms with Gasteiger partial charge < -0.3 is 10.1 Å². The van der Waals surface area contributed by atoms with Crippen LogP contribution in [0, 0.1) is 10.1 Å². The summed E-state index contributed by atoms with van der Waals surface area (Å²) in [5, 5.41) is 14.0. The lowest BCUT2D eigenvalue weighted by Crippen LogP contribution is -2.36. The number of nitrogens with one attached hydrogen (secondary N) is 1.